The van der Waals surface area contributed by atoms with Gasteiger partial charge in [0.1, 0.15) is 0 Å². The molecule has 0 saturated carbocycles. The van der Waals surface area contributed by atoms with Gasteiger partial charge in [0.25, 0.3) is 0 Å². The second-order valence-corrected chi connectivity index (χ2v) is 6.77. The van der Waals surface area contributed by atoms with Gasteiger partial charge >= 0.3 is 0 Å². The minimum atomic E-state index is 0.528. The van der Waals surface area contributed by atoms with Crippen LogP contribution in [-0.4, -0.2) is 43.3 Å². The van der Waals surface area contributed by atoms with E-state index < -0.39 is 0 Å². The number of rotatable bonds is 3. The summed E-state index contributed by atoms with van der Waals surface area (Å²) >= 11 is 1.92. The van der Waals surface area contributed by atoms with Crippen molar-refractivity contribution in [2.24, 2.45) is 0 Å². The standard InChI is InChI=1S/C15H24N2OS/c1-11(9-13-10-18-7-5-16-13)17-6-3-15-14(12(17)2)4-8-19-15/h4,8,11-13,16H,3,5-7,9-10H2,1-2H3. The maximum atomic E-state index is 5.56. The fourth-order valence-corrected chi connectivity index (χ4v) is 4.41. The van der Waals surface area contributed by atoms with Crippen molar-refractivity contribution in [3.63, 3.8) is 0 Å². The Balaban J connectivity index is 1.62. The van der Waals surface area contributed by atoms with Crippen LogP contribution < -0.4 is 5.32 Å². The van der Waals surface area contributed by atoms with Crippen LogP contribution in [0.5, 0.6) is 0 Å². The van der Waals surface area contributed by atoms with Crippen LogP contribution in [0.1, 0.15) is 36.8 Å². The van der Waals surface area contributed by atoms with Crippen molar-refractivity contribution in [2.75, 3.05) is 26.3 Å². The molecule has 1 aromatic heterocycles. The number of morpholine rings is 1. The van der Waals surface area contributed by atoms with Crippen molar-refractivity contribution in [3.8, 4) is 0 Å². The molecule has 0 spiro atoms. The molecule has 3 nitrogen and oxygen atoms in total. The molecule has 0 aromatic carbocycles. The van der Waals surface area contributed by atoms with Crippen molar-refractivity contribution in [1.29, 1.82) is 0 Å². The van der Waals surface area contributed by atoms with Gasteiger partial charge in [-0.3, -0.25) is 4.90 Å². The number of ether oxygens (including phenoxy) is 1. The number of hydrogen-bond acceptors (Lipinski definition) is 4. The molecule has 1 N–H and O–H groups in total. The highest BCUT2D eigenvalue weighted by atomic mass is 32.1. The second kappa shape index (κ2) is 5.92. The Bertz CT molecular complexity index is 414. The predicted octanol–water partition coefficient (Wildman–Crippen LogP) is 2.43. The van der Waals surface area contributed by atoms with Gasteiger partial charge in [-0.1, -0.05) is 0 Å². The first-order valence-electron chi connectivity index (χ1n) is 7.39. The fourth-order valence-electron chi connectivity index (χ4n) is 3.45. The molecule has 2 aliphatic heterocycles. The lowest BCUT2D eigenvalue weighted by Gasteiger charge is -2.40. The number of fused-ring (bicyclic) bond motifs is 1. The van der Waals surface area contributed by atoms with Crippen molar-refractivity contribution < 1.29 is 4.74 Å². The van der Waals surface area contributed by atoms with Crippen LogP contribution >= 0.6 is 11.3 Å². The molecule has 3 heterocycles. The van der Waals surface area contributed by atoms with Crippen LogP contribution in [0.4, 0.5) is 0 Å². The van der Waals surface area contributed by atoms with Gasteiger partial charge in [-0.05, 0) is 43.7 Å². The Morgan fingerprint density at radius 3 is 3.26 bits per heavy atom. The van der Waals surface area contributed by atoms with Crippen LogP contribution in [0.2, 0.25) is 0 Å². The maximum Gasteiger partial charge on any atom is 0.0620 e. The third-order valence-corrected chi connectivity index (χ3v) is 5.51. The van der Waals surface area contributed by atoms with Crippen LogP contribution in [0.15, 0.2) is 11.4 Å². The van der Waals surface area contributed by atoms with Gasteiger partial charge in [-0.15, -0.1) is 11.3 Å². The maximum absolute atomic E-state index is 5.56. The van der Waals surface area contributed by atoms with E-state index >= 15 is 0 Å². The lowest BCUT2D eigenvalue weighted by molar-refractivity contribution is 0.0548. The molecule has 1 aromatic rings. The summed E-state index contributed by atoms with van der Waals surface area (Å²) in [6.45, 7) is 8.65. The topological polar surface area (TPSA) is 24.5 Å². The normalized spacial score (nSPS) is 30.0. The summed E-state index contributed by atoms with van der Waals surface area (Å²) in [7, 11) is 0. The monoisotopic (exact) mass is 280 g/mol. The van der Waals surface area contributed by atoms with Crippen LogP contribution in [0.3, 0.4) is 0 Å². The van der Waals surface area contributed by atoms with Crippen molar-refractivity contribution in [3.05, 3.63) is 21.9 Å². The summed E-state index contributed by atoms with van der Waals surface area (Å²) in [6.07, 6.45) is 2.40. The highest BCUT2D eigenvalue weighted by molar-refractivity contribution is 7.10. The molecular formula is C15H24N2OS. The largest absolute Gasteiger partial charge is 0.379 e. The summed E-state index contributed by atoms with van der Waals surface area (Å²) in [4.78, 5) is 4.25. The summed E-state index contributed by atoms with van der Waals surface area (Å²) in [5.41, 5.74) is 1.55. The van der Waals surface area contributed by atoms with E-state index in [9.17, 15) is 0 Å². The van der Waals surface area contributed by atoms with E-state index in [2.05, 4.69) is 35.5 Å². The van der Waals surface area contributed by atoms with Crippen LogP contribution in [-0.2, 0) is 11.2 Å². The number of nitrogens with one attached hydrogen (secondary N) is 1. The summed E-state index contributed by atoms with van der Waals surface area (Å²) in [5.74, 6) is 0. The highest BCUT2D eigenvalue weighted by Gasteiger charge is 2.29. The van der Waals surface area contributed by atoms with E-state index in [1.165, 1.54) is 19.4 Å². The van der Waals surface area contributed by atoms with Crippen molar-refractivity contribution >= 4 is 11.3 Å². The lowest BCUT2D eigenvalue weighted by atomic mass is 9.97. The zero-order valence-electron chi connectivity index (χ0n) is 11.9. The fraction of sp³-hybridized carbons (Fsp3) is 0.733. The van der Waals surface area contributed by atoms with Crippen LogP contribution in [0, 0.1) is 0 Å². The Kier molecular flexibility index (Phi) is 4.22. The van der Waals surface area contributed by atoms with Crippen LogP contribution in [0.25, 0.3) is 0 Å². The van der Waals surface area contributed by atoms with Gasteiger partial charge in [-0.25, -0.2) is 0 Å². The predicted molar refractivity (Wildman–Crippen MR) is 79.8 cm³/mol. The molecule has 0 amide bonds. The minimum absolute atomic E-state index is 0.528. The van der Waals surface area contributed by atoms with E-state index in [1.54, 1.807) is 10.4 Å². The van der Waals surface area contributed by atoms with E-state index in [-0.39, 0.29) is 0 Å². The Morgan fingerprint density at radius 2 is 2.47 bits per heavy atom. The molecule has 0 bridgehead atoms. The molecular weight excluding hydrogens is 256 g/mol. The Labute approximate surface area is 119 Å². The van der Waals surface area contributed by atoms with E-state index in [0.29, 0.717) is 18.1 Å². The molecule has 0 radical (unpaired) electrons. The first-order chi connectivity index (χ1) is 9.25. The molecule has 1 fully saturated rings. The SMILES string of the molecule is CC(CC1COCCN1)N1CCc2sccc2C1C. The van der Waals surface area contributed by atoms with Crippen molar-refractivity contribution in [1.82, 2.24) is 10.2 Å². The first kappa shape index (κ1) is 13.6. The zero-order chi connectivity index (χ0) is 13.2. The summed E-state index contributed by atoms with van der Waals surface area (Å²) in [6, 6.07) is 4.02. The van der Waals surface area contributed by atoms with E-state index in [1.807, 2.05) is 11.3 Å². The molecule has 3 atom stereocenters. The first-order valence-corrected chi connectivity index (χ1v) is 8.27. The number of hydrogen-bond donors (Lipinski definition) is 1. The van der Waals surface area contributed by atoms with Gasteiger partial charge in [0.15, 0.2) is 0 Å². The summed E-state index contributed by atoms with van der Waals surface area (Å²) < 4.78 is 5.56. The molecule has 2 aliphatic rings. The molecule has 3 unspecified atom stereocenters. The third-order valence-electron chi connectivity index (χ3n) is 4.51. The molecule has 4 heteroatoms. The summed E-state index contributed by atoms with van der Waals surface area (Å²) in [5, 5.41) is 5.81. The average molecular weight is 280 g/mol. The second-order valence-electron chi connectivity index (χ2n) is 5.77. The van der Waals surface area contributed by atoms with Gasteiger partial charge in [0.2, 0.25) is 0 Å². The Morgan fingerprint density at radius 1 is 1.58 bits per heavy atom. The van der Waals surface area contributed by atoms with Crippen molar-refractivity contribution in [2.45, 2.75) is 44.8 Å². The van der Waals surface area contributed by atoms with Gasteiger partial charge in [-0.2, -0.15) is 0 Å². The highest BCUT2D eigenvalue weighted by Crippen LogP contribution is 2.34. The quantitative estimate of drug-likeness (QED) is 0.920. The Hall–Kier alpha value is -0.420. The van der Waals surface area contributed by atoms with Gasteiger partial charge in [0.05, 0.1) is 13.2 Å². The minimum Gasteiger partial charge on any atom is -0.379 e. The number of thiophene rings is 1. The molecule has 1 saturated heterocycles. The third kappa shape index (κ3) is 2.87. The van der Waals surface area contributed by atoms with Gasteiger partial charge < -0.3 is 10.1 Å². The molecule has 0 aliphatic carbocycles. The lowest BCUT2D eigenvalue weighted by Crippen LogP contribution is -2.47. The average Bonchev–Trinajstić information content (AvgIpc) is 2.89. The van der Waals surface area contributed by atoms with Gasteiger partial charge in [0, 0.05) is 36.1 Å². The smallest absolute Gasteiger partial charge is 0.0620 e. The molecule has 3 rings (SSSR count). The van der Waals surface area contributed by atoms with E-state index in [0.717, 1.165) is 19.8 Å². The van der Waals surface area contributed by atoms with E-state index in [4.69, 9.17) is 4.74 Å². The number of nitrogens with zero attached hydrogens (tertiary/aromatic N) is 1. The molecule has 19 heavy (non-hydrogen) atoms. The zero-order valence-corrected chi connectivity index (χ0v) is 12.7. The molecule has 106 valence electrons.